The maximum atomic E-state index is 5.80. The highest BCUT2D eigenvalue weighted by atomic mass is 35.5. The van der Waals surface area contributed by atoms with E-state index < -0.39 is 0 Å². The number of nitrogens with one attached hydrogen (secondary N) is 2. The average Bonchev–Trinajstić information content (AvgIpc) is 3.01. The van der Waals surface area contributed by atoms with Crippen LogP contribution in [0.25, 0.3) is 0 Å². The molecule has 1 atom stereocenters. The Balaban J connectivity index is 1.83. The Morgan fingerprint density at radius 2 is 2.12 bits per heavy atom. The summed E-state index contributed by atoms with van der Waals surface area (Å²) in [5, 5.41) is 11.5. The smallest absolute Gasteiger partial charge is 0.191 e. The zero-order valence-corrected chi connectivity index (χ0v) is 16.0. The molecule has 0 radical (unpaired) electrons. The van der Waals surface area contributed by atoms with E-state index in [-0.39, 0.29) is 6.04 Å². The number of rotatable bonds is 7. The van der Waals surface area contributed by atoms with Gasteiger partial charge in [-0.3, -0.25) is 9.67 Å². The van der Waals surface area contributed by atoms with Crippen LogP contribution in [-0.2, 0) is 13.5 Å². The number of hydrogen-bond donors (Lipinski definition) is 2. The monoisotopic (exact) mass is 363 g/mol. The quantitative estimate of drug-likeness (QED) is 0.443. The molecule has 2 N–H and O–H groups in total. The first-order valence-electron chi connectivity index (χ1n) is 8.19. The number of pyridine rings is 1. The van der Waals surface area contributed by atoms with Crippen molar-refractivity contribution in [3.05, 3.63) is 47.0 Å². The molecule has 0 saturated heterocycles. The average molecular weight is 364 g/mol. The third-order valence-corrected chi connectivity index (χ3v) is 4.14. The van der Waals surface area contributed by atoms with Crippen molar-refractivity contribution >= 4 is 17.6 Å². The van der Waals surface area contributed by atoms with E-state index in [0.29, 0.717) is 5.15 Å². The van der Waals surface area contributed by atoms with Crippen molar-refractivity contribution in [2.45, 2.75) is 12.5 Å². The number of guanidine groups is 1. The molecule has 0 amide bonds. The van der Waals surface area contributed by atoms with Gasteiger partial charge >= 0.3 is 0 Å². The summed E-state index contributed by atoms with van der Waals surface area (Å²) in [6.07, 6.45) is 6.58. The SMILES string of the molecule is CN=C(NCCc1ccc(Cl)nc1)NCC(c1cnn(C)c1)N(C)C. The molecule has 8 heteroatoms. The topological polar surface area (TPSA) is 70.4 Å². The number of hydrogen-bond acceptors (Lipinski definition) is 4. The Kier molecular flexibility index (Phi) is 7.21. The van der Waals surface area contributed by atoms with Gasteiger partial charge in [0.15, 0.2) is 5.96 Å². The maximum Gasteiger partial charge on any atom is 0.191 e. The van der Waals surface area contributed by atoms with Crippen LogP contribution in [0.2, 0.25) is 5.15 Å². The van der Waals surface area contributed by atoms with Crippen LogP contribution in [-0.4, -0.2) is 59.9 Å². The van der Waals surface area contributed by atoms with Crippen molar-refractivity contribution < 1.29 is 0 Å². The van der Waals surface area contributed by atoms with Crippen molar-refractivity contribution in [1.82, 2.24) is 30.3 Å². The highest BCUT2D eigenvalue weighted by Gasteiger charge is 2.16. The van der Waals surface area contributed by atoms with Crippen LogP contribution in [0, 0.1) is 0 Å². The number of nitrogens with zero attached hydrogens (tertiary/aromatic N) is 5. The van der Waals surface area contributed by atoms with Crippen LogP contribution in [0.3, 0.4) is 0 Å². The van der Waals surface area contributed by atoms with Gasteiger partial charge in [0.25, 0.3) is 0 Å². The third kappa shape index (κ3) is 6.03. The Bertz CT molecular complexity index is 679. The first kappa shape index (κ1) is 19.2. The Hall–Kier alpha value is -2.12. The van der Waals surface area contributed by atoms with Crippen LogP contribution < -0.4 is 10.6 Å². The Morgan fingerprint density at radius 3 is 2.68 bits per heavy atom. The van der Waals surface area contributed by atoms with Crippen LogP contribution >= 0.6 is 11.6 Å². The van der Waals surface area contributed by atoms with Gasteiger partial charge in [0.1, 0.15) is 5.15 Å². The lowest BCUT2D eigenvalue weighted by molar-refractivity contribution is 0.298. The van der Waals surface area contributed by atoms with Crippen molar-refractivity contribution in [3.8, 4) is 0 Å². The van der Waals surface area contributed by atoms with Crippen LogP contribution in [0.15, 0.2) is 35.7 Å². The lowest BCUT2D eigenvalue weighted by Gasteiger charge is -2.24. The molecule has 1 unspecified atom stereocenters. The molecule has 0 bridgehead atoms. The lowest BCUT2D eigenvalue weighted by atomic mass is 10.1. The first-order chi connectivity index (χ1) is 12.0. The Morgan fingerprint density at radius 1 is 1.32 bits per heavy atom. The van der Waals surface area contributed by atoms with Crippen molar-refractivity contribution in [2.24, 2.45) is 12.0 Å². The van der Waals surface area contributed by atoms with Gasteiger partial charge in [-0.05, 0) is 32.1 Å². The number of aromatic nitrogens is 3. The summed E-state index contributed by atoms with van der Waals surface area (Å²) >= 11 is 5.80. The molecule has 0 aliphatic carbocycles. The van der Waals surface area contributed by atoms with Crippen molar-refractivity contribution in [2.75, 3.05) is 34.2 Å². The summed E-state index contributed by atoms with van der Waals surface area (Å²) in [5.41, 5.74) is 2.30. The minimum Gasteiger partial charge on any atom is -0.356 e. The fourth-order valence-corrected chi connectivity index (χ4v) is 2.62. The summed E-state index contributed by atoms with van der Waals surface area (Å²) < 4.78 is 1.82. The molecule has 136 valence electrons. The van der Waals surface area contributed by atoms with Gasteiger partial charge in [-0.2, -0.15) is 5.10 Å². The second-order valence-corrected chi connectivity index (χ2v) is 6.43. The zero-order valence-electron chi connectivity index (χ0n) is 15.2. The second-order valence-electron chi connectivity index (χ2n) is 6.05. The summed E-state index contributed by atoms with van der Waals surface area (Å²) in [6.45, 7) is 1.50. The van der Waals surface area contributed by atoms with E-state index in [1.165, 1.54) is 5.56 Å². The number of halogens is 1. The molecule has 0 aliphatic rings. The molecular formula is C17H26ClN7. The molecule has 2 aromatic heterocycles. The van der Waals surface area contributed by atoms with Crippen LogP contribution in [0.4, 0.5) is 0 Å². The van der Waals surface area contributed by atoms with Gasteiger partial charge < -0.3 is 15.5 Å². The standard InChI is InChI=1S/C17H26ClN7/c1-19-17(20-8-7-13-5-6-16(18)21-9-13)22-11-15(24(2)3)14-10-23-25(4)12-14/h5-6,9-10,12,15H,7-8,11H2,1-4H3,(H2,19,20,22). The normalized spacial score (nSPS) is 13.1. The Labute approximate surface area is 154 Å². The molecule has 0 spiro atoms. The lowest BCUT2D eigenvalue weighted by Crippen LogP contribution is -2.42. The maximum absolute atomic E-state index is 5.80. The van der Waals surface area contributed by atoms with E-state index in [9.17, 15) is 0 Å². The minimum absolute atomic E-state index is 0.215. The fourth-order valence-electron chi connectivity index (χ4n) is 2.50. The van der Waals surface area contributed by atoms with Gasteiger partial charge in [0, 0.05) is 45.1 Å². The molecule has 25 heavy (non-hydrogen) atoms. The van der Waals surface area contributed by atoms with Gasteiger partial charge in [-0.1, -0.05) is 17.7 Å². The predicted molar refractivity (Wildman–Crippen MR) is 102 cm³/mol. The molecule has 0 fully saturated rings. The minimum atomic E-state index is 0.215. The van der Waals surface area contributed by atoms with E-state index in [1.807, 2.05) is 30.2 Å². The third-order valence-electron chi connectivity index (χ3n) is 3.91. The molecule has 7 nitrogen and oxygen atoms in total. The summed E-state index contributed by atoms with van der Waals surface area (Å²) in [5.74, 6) is 0.776. The molecule has 0 saturated carbocycles. The van der Waals surface area contributed by atoms with Crippen LogP contribution in [0.5, 0.6) is 0 Å². The van der Waals surface area contributed by atoms with E-state index in [0.717, 1.165) is 31.0 Å². The zero-order chi connectivity index (χ0) is 18.2. The predicted octanol–water partition coefficient (Wildman–Crippen LogP) is 1.48. The molecule has 2 rings (SSSR count). The largest absolute Gasteiger partial charge is 0.356 e. The van der Waals surface area contributed by atoms with E-state index in [4.69, 9.17) is 11.6 Å². The van der Waals surface area contributed by atoms with E-state index in [1.54, 1.807) is 19.3 Å². The molecule has 0 aliphatic heterocycles. The second kappa shape index (κ2) is 9.39. The van der Waals surface area contributed by atoms with Gasteiger partial charge in [-0.25, -0.2) is 4.98 Å². The van der Waals surface area contributed by atoms with Gasteiger partial charge in [-0.15, -0.1) is 0 Å². The van der Waals surface area contributed by atoms with E-state index in [2.05, 4.69) is 44.7 Å². The number of aliphatic imine (C=N–C) groups is 1. The fraction of sp³-hybridized carbons (Fsp3) is 0.471. The van der Waals surface area contributed by atoms with E-state index >= 15 is 0 Å². The van der Waals surface area contributed by atoms with Crippen molar-refractivity contribution in [1.29, 1.82) is 0 Å². The number of likely N-dealkylation sites (N-methyl/N-ethyl adjacent to an activating group) is 1. The van der Waals surface area contributed by atoms with Gasteiger partial charge in [0.05, 0.1) is 12.2 Å². The molecule has 0 aromatic carbocycles. The highest BCUT2D eigenvalue weighted by molar-refractivity contribution is 6.29. The van der Waals surface area contributed by atoms with Crippen molar-refractivity contribution in [3.63, 3.8) is 0 Å². The summed E-state index contributed by atoms with van der Waals surface area (Å²) in [4.78, 5) is 10.5. The summed E-state index contributed by atoms with van der Waals surface area (Å²) in [6, 6.07) is 4.00. The van der Waals surface area contributed by atoms with Gasteiger partial charge in [0.2, 0.25) is 0 Å². The highest BCUT2D eigenvalue weighted by Crippen LogP contribution is 2.15. The van der Waals surface area contributed by atoms with Crippen LogP contribution in [0.1, 0.15) is 17.2 Å². The molecule has 2 aromatic rings. The first-order valence-corrected chi connectivity index (χ1v) is 8.57. The number of aryl methyl sites for hydroxylation is 1. The summed E-state index contributed by atoms with van der Waals surface area (Å²) in [7, 11) is 7.82. The molecular weight excluding hydrogens is 338 g/mol. The molecule has 2 heterocycles.